The minimum atomic E-state index is 0. The summed E-state index contributed by atoms with van der Waals surface area (Å²) in [5.41, 5.74) is 0. The third-order valence-electron chi connectivity index (χ3n) is 4.89. The van der Waals surface area contributed by atoms with Gasteiger partial charge in [-0.25, -0.2) is 0 Å². The van der Waals surface area contributed by atoms with Crippen molar-refractivity contribution in [2.45, 2.75) is 90.6 Å². The topological polar surface area (TPSA) is 56.7 Å². The van der Waals surface area contributed by atoms with E-state index in [0.29, 0.717) is 18.0 Å². The van der Waals surface area contributed by atoms with E-state index in [0.717, 1.165) is 44.7 Å². The SMILES string of the molecule is CCCCCCC(C)NC(=NC)NCCC(CC)N1CCCC1=O.I. The molecule has 0 aromatic rings. The van der Waals surface area contributed by atoms with Gasteiger partial charge in [-0.15, -0.1) is 24.0 Å². The van der Waals surface area contributed by atoms with Crippen molar-refractivity contribution in [3.05, 3.63) is 0 Å². The Hall–Kier alpha value is -0.530. The number of hydrogen-bond donors (Lipinski definition) is 2. The van der Waals surface area contributed by atoms with Gasteiger partial charge < -0.3 is 15.5 Å². The third kappa shape index (κ3) is 9.66. The largest absolute Gasteiger partial charge is 0.356 e. The van der Waals surface area contributed by atoms with E-state index >= 15 is 0 Å². The fraction of sp³-hybridized carbons (Fsp3) is 0.895. The molecule has 0 spiro atoms. The summed E-state index contributed by atoms with van der Waals surface area (Å²) in [6, 6.07) is 0.798. The minimum Gasteiger partial charge on any atom is -0.356 e. The van der Waals surface area contributed by atoms with Crippen molar-refractivity contribution < 1.29 is 4.79 Å². The fourth-order valence-corrected chi connectivity index (χ4v) is 3.37. The summed E-state index contributed by atoms with van der Waals surface area (Å²) < 4.78 is 0. The molecule has 6 heteroatoms. The number of guanidine groups is 1. The molecule has 0 radical (unpaired) electrons. The van der Waals surface area contributed by atoms with Gasteiger partial charge in [-0.05, 0) is 32.6 Å². The van der Waals surface area contributed by atoms with Gasteiger partial charge in [-0.3, -0.25) is 9.79 Å². The number of halogens is 1. The highest BCUT2D eigenvalue weighted by molar-refractivity contribution is 14.0. The minimum absolute atomic E-state index is 0. The van der Waals surface area contributed by atoms with E-state index in [4.69, 9.17) is 0 Å². The zero-order valence-electron chi connectivity index (χ0n) is 16.6. The molecule has 1 heterocycles. The second-order valence-corrected chi connectivity index (χ2v) is 6.94. The van der Waals surface area contributed by atoms with Gasteiger partial charge in [-0.2, -0.15) is 0 Å². The number of rotatable bonds is 11. The van der Waals surface area contributed by atoms with Crippen LogP contribution in [0.3, 0.4) is 0 Å². The number of amides is 1. The van der Waals surface area contributed by atoms with Crippen LogP contribution in [0.4, 0.5) is 0 Å². The van der Waals surface area contributed by atoms with Gasteiger partial charge in [-0.1, -0.05) is 39.5 Å². The van der Waals surface area contributed by atoms with Crippen molar-refractivity contribution >= 4 is 35.8 Å². The Labute approximate surface area is 171 Å². The second-order valence-electron chi connectivity index (χ2n) is 6.94. The Morgan fingerprint density at radius 2 is 2.00 bits per heavy atom. The van der Waals surface area contributed by atoms with Gasteiger partial charge in [0.2, 0.25) is 5.91 Å². The summed E-state index contributed by atoms with van der Waals surface area (Å²) in [5, 5.41) is 6.88. The van der Waals surface area contributed by atoms with Crippen molar-refractivity contribution in [1.82, 2.24) is 15.5 Å². The van der Waals surface area contributed by atoms with Gasteiger partial charge >= 0.3 is 0 Å². The number of nitrogens with zero attached hydrogens (tertiary/aromatic N) is 2. The van der Waals surface area contributed by atoms with E-state index in [2.05, 4.69) is 41.3 Å². The van der Waals surface area contributed by atoms with E-state index in [1.54, 1.807) is 0 Å². The first-order valence-electron chi connectivity index (χ1n) is 9.89. The molecule has 1 saturated heterocycles. The summed E-state index contributed by atoms with van der Waals surface area (Å²) in [6.07, 6.45) is 10.1. The molecule has 5 nitrogen and oxygen atoms in total. The number of hydrogen-bond acceptors (Lipinski definition) is 2. The molecule has 1 rings (SSSR count). The summed E-state index contributed by atoms with van der Waals surface area (Å²) in [6.45, 7) is 8.41. The van der Waals surface area contributed by atoms with Crippen LogP contribution in [-0.4, -0.2) is 49.0 Å². The summed E-state index contributed by atoms with van der Waals surface area (Å²) >= 11 is 0. The lowest BCUT2D eigenvalue weighted by Gasteiger charge is -2.27. The summed E-state index contributed by atoms with van der Waals surface area (Å²) in [7, 11) is 1.82. The highest BCUT2D eigenvalue weighted by Crippen LogP contribution is 2.17. The smallest absolute Gasteiger partial charge is 0.222 e. The maximum absolute atomic E-state index is 11.9. The van der Waals surface area contributed by atoms with Crippen molar-refractivity contribution in [1.29, 1.82) is 0 Å². The number of carbonyl (C=O) groups excluding carboxylic acids is 1. The lowest BCUT2D eigenvalue weighted by Crippen LogP contribution is -2.44. The fourth-order valence-electron chi connectivity index (χ4n) is 3.37. The molecule has 1 aliphatic heterocycles. The zero-order valence-corrected chi connectivity index (χ0v) is 19.0. The van der Waals surface area contributed by atoms with Crippen LogP contribution in [0, 0.1) is 0 Å². The molecular formula is C19H39IN4O. The highest BCUT2D eigenvalue weighted by Gasteiger charge is 2.26. The van der Waals surface area contributed by atoms with Crippen molar-refractivity contribution in [3.63, 3.8) is 0 Å². The molecule has 1 fully saturated rings. The third-order valence-corrected chi connectivity index (χ3v) is 4.89. The molecule has 2 atom stereocenters. The van der Waals surface area contributed by atoms with Crippen LogP contribution in [-0.2, 0) is 4.79 Å². The quantitative estimate of drug-likeness (QED) is 0.210. The van der Waals surface area contributed by atoms with Crippen LogP contribution >= 0.6 is 24.0 Å². The number of nitrogens with one attached hydrogen (secondary N) is 2. The van der Waals surface area contributed by atoms with Crippen LogP contribution in [0.1, 0.15) is 78.6 Å². The summed E-state index contributed by atoms with van der Waals surface area (Å²) in [5.74, 6) is 1.20. The van der Waals surface area contributed by atoms with E-state index in [-0.39, 0.29) is 24.0 Å². The van der Waals surface area contributed by atoms with E-state index in [1.807, 2.05) is 7.05 Å². The first-order valence-corrected chi connectivity index (χ1v) is 9.89. The molecule has 25 heavy (non-hydrogen) atoms. The average Bonchev–Trinajstić information content (AvgIpc) is 3.00. The Morgan fingerprint density at radius 3 is 2.56 bits per heavy atom. The van der Waals surface area contributed by atoms with Crippen molar-refractivity contribution in [2.24, 2.45) is 4.99 Å². The molecule has 0 aliphatic carbocycles. The molecule has 1 aliphatic rings. The molecule has 2 unspecified atom stereocenters. The average molecular weight is 466 g/mol. The van der Waals surface area contributed by atoms with Crippen LogP contribution in [0.2, 0.25) is 0 Å². The lowest BCUT2D eigenvalue weighted by atomic mass is 10.1. The number of carbonyl (C=O) groups is 1. The molecule has 1 amide bonds. The molecule has 2 N–H and O–H groups in total. The normalized spacial score (nSPS) is 17.2. The highest BCUT2D eigenvalue weighted by atomic mass is 127. The summed E-state index contributed by atoms with van der Waals surface area (Å²) in [4.78, 5) is 18.3. The first-order chi connectivity index (χ1) is 11.6. The van der Waals surface area contributed by atoms with Gasteiger partial charge in [0, 0.05) is 38.6 Å². The predicted octanol–water partition coefficient (Wildman–Crippen LogP) is 3.92. The van der Waals surface area contributed by atoms with Crippen LogP contribution in [0.5, 0.6) is 0 Å². The number of likely N-dealkylation sites (tertiary alicyclic amines) is 1. The molecular weight excluding hydrogens is 427 g/mol. The Bertz CT molecular complexity index is 390. The second kappa shape index (κ2) is 14.6. The van der Waals surface area contributed by atoms with Crippen molar-refractivity contribution in [2.75, 3.05) is 20.1 Å². The molecule has 0 saturated carbocycles. The molecule has 148 valence electrons. The van der Waals surface area contributed by atoms with E-state index in [9.17, 15) is 4.79 Å². The molecule has 0 aromatic carbocycles. The van der Waals surface area contributed by atoms with Gasteiger partial charge in [0.25, 0.3) is 0 Å². The monoisotopic (exact) mass is 466 g/mol. The predicted molar refractivity (Wildman–Crippen MR) is 118 cm³/mol. The van der Waals surface area contributed by atoms with Gasteiger partial charge in [0.15, 0.2) is 5.96 Å². The van der Waals surface area contributed by atoms with Crippen LogP contribution < -0.4 is 10.6 Å². The number of unbranched alkanes of at least 4 members (excludes halogenated alkanes) is 3. The van der Waals surface area contributed by atoms with Crippen LogP contribution in [0.15, 0.2) is 4.99 Å². The van der Waals surface area contributed by atoms with Gasteiger partial charge in [0.1, 0.15) is 0 Å². The van der Waals surface area contributed by atoms with E-state index < -0.39 is 0 Å². The maximum atomic E-state index is 11.9. The maximum Gasteiger partial charge on any atom is 0.222 e. The standard InChI is InChI=1S/C19H38N4O.HI/c1-5-7-8-9-11-16(3)22-19(20-4)21-14-13-17(6-2)23-15-10-12-18(23)24;/h16-17H,5-15H2,1-4H3,(H2,20,21,22);1H. The Kier molecular flexibility index (Phi) is 14.3. The number of aliphatic imine (C=N–C) groups is 1. The molecule has 0 bridgehead atoms. The van der Waals surface area contributed by atoms with Crippen LogP contribution in [0.25, 0.3) is 0 Å². The molecule has 0 aromatic heterocycles. The van der Waals surface area contributed by atoms with Gasteiger partial charge in [0.05, 0.1) is 0 Å². The zero-order chi connectivity index (χ0) is 17.8. The Balaban J connectivity index is 0.00000576. The van der Waals surface area contributed by atoms with Crippen molar-refractivity contribution in [3.8, 4) is 0 Å². The Morgan fingerprint density at radius 1 is 1.24 bits per heavy atom. The van der Waals surface area contributed by atoms with E-state index in [1.165, 1.54) is 32.1 Å². The lowest BCUT2D eigenvalue weighted by molar-refractivity contribution is -0.129. The first kappa shape index (κ1) is 24.5.